The topological polar surface area (TPSA) is 16.1 Å². The first-order valence-electron chi connectivity index (χ1n) is 5.04. The van der Waals surface area contributed by atoms with Gasteiger partial charge in [0.05, 0.1) is 0 Å². The van der Waals surface area contributed by atoms with Crippen LogP contribution < -0.4 is 0 Å². The van der Waals surface area contributed by atoms with Crippen LogP contribution in [0, 0.1) is 0 Å². The van der Waals surface area contributed by atoms with Gasteiger partial charge in [0, 0.05) is 23.4 Å². The van der Waals surface area contributed by atoms with Gasteiger partial charge in [-0.25, -0.2) is 0 Å². The van der Waals surface area contributed by atoms with E-state index in [1.165, 1.54) is 23.0 Å². The molecule has 0 atom stereocenters. The molecule has 0 aliphatic heterocycles. The van der Waals surface area contributed by atoms with Gasteiger partial charge in [0.1, 0.15) is 0 Å². The second kappa shape index (κ2) is 7.17. The predicted molar refractivity (Wildman–Crippen MR) is 68.7 cm³/mol. The van der Waals surface area contributed by atoms with Gasteiger partial charge in [0.25, 0.3) is 0 Å². The van der Waals surface area contributed by atoms with Gasteiger partial charge >= 0.3 is 0 Å². The highest BCUT2D eigenvalue weighted by Gasteiger charge is 2.02. The Balaban J connectivity index is 2.40. The fourth-order valence-electron chi connectivity index (χ4n) is 1.38. The molecule has 1 heterocycles. The molecule has 0 fully saturated rings. The normalized spacial score (nSPS) is 10.8. The number of alkyl halides is 1. The van der Waals surface area contributed by atoms with E-state index in [-0.39, 0.29) is 0 Å². The number of pyridine rings is 1. The molecule has 2 nitrogen and oxygen atoms in total. The van der Waals surface area contributed by atoms with Crippen molar-refractivity contribution in [2.45, 2.75) is 19.9 Å². The van der Waals surface area contributed by atoms with Crippen LogP contribution in [-0.4, -0.2) is 27.4 Å². The van der Waals surface area contributed by atoms with Crippen molar-refractivity contribution in [1.82, 2.24) is 9.88 Å². The summed E-state index contributed by atoms with van der Waals surface area (Å²) in [6.45, 7) is 5.59. The zero-order valence-corrected chi connectivity index (χ0v) is 10.8. The first kappa shape index (κ1) is 11.9. The Bertz CT molecular complexity index is 238. The molecule has 0 unspecified atom stereocenters. The third-order valence-electron chi connectivity index (χ3n) is 2.21. The smallest absolute Gasteiger partial charge is 0.0271 e. The molecule has 0 saturated carbocycles. The van der Waals surface area contributed by atoms with Gasteiger partial charge in [-0.1, -0.05) is 29.5 Å². The molecule has 0 bridgehead atoms. The summed E-state index contributed by atoms with van der Waals surface area (Å²) in [5.74, 6) is 0. The van der Waals surface area contributed by atoms with E-state index >= 15 is 0 Å². The first-order valence-corrected chi connectivity index (χ1v) is 6.56. The summed E-state index contributed by atoms with van der Waals surface area (Å²) >= 11 is 2.43. The molecule has 0 aromatic carbocycles. The predicted octanol–water partition coefficient (Wildman–Crippen LogP) is 2.73. The van der Waals surface area contributed by atoms with E-state index < -0.39 is 0 Å². The molecule has 78 valence electrons. The number of halogens is 1. The fourth-order valence-corrected chi connectivity index (χ4v) is 1.72. The Morgan fingerprint density at radius 1 is 1.36 bits per heavy atom. The van der Waals surface area contributed by atoms with E-state index in [2.05, 4.69) is 51.5 Å². The highest BCUT2D eigenvalue weighted by atomic mass is 127. The molecule has 1 aromatic heterocycles. The molecule has 0 N–H and O–H groups in total. The zero-order valence-electron chi connectivity index (χ0n) is 8.62. The maximum Gasteiger partial charge on any atom is 0.0271 e. The van der Waals surface area contributed by atoms with Crippen LogP contribution in [0.3, 0.4) is 0 Å². The lowest BCUT2D eigenvalue weighted by Gasteiger charge is -2.19. The van der Waals surface area contributed by atoms with Crippen molar-refractivity contribution in [2.24, 2.45) is 0 Å². The third kappa shape index (κ3) is 4.37. The Hall–Kier alpha value is -0.160. The standard InChI is InChI=1S/C11H17IN2/c1-2-14(9-3-6-12)10-11-4-7-13-8-5-11/h4-5,7-8H,2-3,6,9-10H2,1H3. The Morgan fingerprint density at radius 2 is 2.07 bits per heavy atom. The van der Waals surface area contributed by atoms with E-state index in [1.54, 1.807) is 0 Å². The molecule has 1 rings (SSSR count). The van der Waals surface area contributed by atoms with Gasteiger partial charge in [0.2, 0.25) is 0 Å². The second-order valence-corrected chi connectivity index (χ2v) is 4.35. The zero-order chi connectivity index (χ0) is 10.2. The molecule has 0 amide bonds. The van der Waals surface area contributed by atoms with E-state index in [0.29, 0.717) is 0 Å². The molecular formula is C11H17IN2. The molecule has 0 saturated heterocycles. The summed E-state index contributed by atoms with van der Waals surface area (Å²) in [5, 5.41) is 0. The van der Waals surface area contributed by atoms with E-state index in [1.807, 2.05) is 12.4 Å². The van der Waals surface area contributed by atoms with E-state index in [9.17, 15) is 0 Å². The fraction of sp³-hybridized carbons (Fsp3) is 0.545. The SMILES string of the molecule is CCN(CCCI)Cc1ccncc1. The monoisotopic (exact) mass is 304 g/mol. The average molecular weight is 304 g/mol. The Labute approximate surface area is 99.9 Å². The van der Waals surface area contributed by atoms with Crippen molar-refractivity contribution in [3.63, 3.8) is 0 Å². The van der Waals surface area contributed by atoms with Crippen LogP contribution in [-0.2, 0) is 6.54 Å². The largest absolute Gasteiger partial charge is 0.299 e. The van der Waals surface area contributed by atoms with Gasteiger partial charge < -0.3 is 0 Å². The number of hydrogen-bond donors (Lipinski definition) is 0. The molecule has 0 aliphatic rings. The van der Waals surface area contributed by atoms with Crippen molar-refractivity contribution in [3.05, 3.63) is 30.1 Å². The minimum absolute atomic E-state index is 1.05. The maximum atomic E-state index is 4.02. The van der Waals surface area contributed by atoms with Gasteiger partial charge in [-0.15, -0.1) is 0 Å². The van der Waals surface area contributed by atoms with Gasteiger partial charge in [0.15, 0.2) is 0 Å². The van der Waals surface area contributed by atoms with Crippen molar-refractivity contribution in [1.29, 1.82) is 0 Å². The molecule has 0 radical (unpaired) electrons. The Kier molecular flexibility index (Phi) is 6.10. The lowest BCUT2D eigenvalue weighted by molar-refractivity contribution is 0.282. The maximum absolute atomic E-state index is 4.02. The molecule has 14 heavy (non-hydrogen) atoms. The quantitative estimate of drug-likeness (QED) is 0.593. The first-order chi connectivity index (χ1) is 6.86. The number of aromatic nitrogens is 1. The minimum Gasteiger partial charge on any atom is -0.299 e. The summed E-state index contributed by atoms with van der Waals surface area (Å²) in [5.41, 5.74) is 1.36. The molecule has 1 aromatic rings. The van der Waals surface area contributed by atoms with Crippen molar-refractivity contribution in [2.75, 3.05) is 17.5 Å². The summed E-state index contributed by atoms with van der Waals surface area (Å²) in [7, 11) is 0. The van der Waals surface area contributed by atoms with E-state index in [0.717, 1.165) is 13.1 Å². The van der Waals surface area contributed by atoms with Crippen molar-refractivity contribution in [3.8, 4) is 0 Å². The lowest BCUT2D eigenvalue weighted by Crippen LogP contribution is -2.24. The summed E-state index contributed by atoms with van der Waals surface area (Å²) in [6.07, 6.45) is 5.00. The highest BCUT2D eigenvalue weighted by molar-refractivity contribution is 14.1. The average Bonchev–Trinajstić information content (AvgIpc) is 2.25. The van der Waals surface area contributed by atoms with Crippen LogP contribution in [0.15, 0.2) is 24.5 Å². The molecule has 0 spiro atoms. The summed E-state index contributed by atoms with van der Waals surface area (Å²) < 4.78 is 1.24. The number of nitrogens with zero attached hydrogens (tertiary/aromatic N) is 2. The molecular weight excluding hydrogens is 287 g/mol. The minimum atomic E-state index is 1.05. The van der Waals surface area contributed by atoms with Crippen LogP contribution in [0.5, 0.6) is 0 Å². The van der Waals surface area contributed by atoms with Crippen LogP contribution in [0.2, 0.25) is 0 Å². The summed E-state index contributed by atoms with van der Waals surface area (Å²) in [4.78, 5) is 6.49. The number of hydrogen-bond acceptors (Lipinski definition) is 2. The highest BCUT2D eigenvalue weighted by Crippen LogP contribution is 2.04. The van der Waals surface area contributed by atoms with Crippen LogP contribution in [0.4, 0.5) is 0 Å². The third-order valence-corrected chi connectivity index (χ3v) is 2.97. The van der Waals surface area contributed by atoms with Crippen LogP contribution in [0.1, 0.15) is 18.9 Å². The number of rotatable bonds is 6. The van der Waals surface area contributed by atoms with Gasteiger partial charge in [-0.2, -0.15) is 0 Å². The summed E-state index contributed by atoms with van der Waals surface area (Å²) in [6, 6.07) is 4.18. The van der Waals surface area contributed by atoms with Gasteiger partial charge in [-0.05, 0) is 37.2 Å². The lowest BCUT2D eigenvalue weighted by atomic mass is 10.2. The Morgan fingerprint density at radius 3 is 2.64 bits per heavy atom. The molecule has 0 aliphatic carbocycles. The van der Waals surface area contributed by atoms with Gasteiger partial charge in [-0.3, -0.25) is 9.88 Å². The van der Waals surface area contributed by atoms with Crippen LogP contribution in [0.25, 0.3) is 0 Å². The van der Waals surface area contributed by atoms with Crippen molar-refractivity contribution >= 4 is 22.6 Å². The van der Waals surface area contributed by atoms with Crippen molar-refractivity contribution < 1.29 is 0 Å². The molecule has 3 heteroatoms. The second-order valence-electron chi connectivity index (χ2n) is 3.27. The van der Waals surface area contributed by atoms with E-state index in [4.69, 9.17) is 0 Å². The van der Waals surface area contributed by atoms with Crippen LogP contribution >= 0.6 is 22.6 Å².